The fourth-order valence-corrected chi connectivity index (χ4v) is 2.98. The number of sulfonamides is 1. The van der Waals surface area contributed by atoms with Gasteiger partial charge in [-0.2, -0.15) is 0 Å². The van der Waals surface area contributed by atoms with E-state index in [-0.39, 0.29) is 11.3 Å². The number of aliphatic carboxylic acids is 1. The molecule has 2 rings (SSSR count). The number of aromatic nitrogens is 2. The number of methoxy groups -OCH3 is 1. The van der Waals surface area contributed by atoms with Crippen molar-refractivity contribution in [2.24, 2.45) is 0 Å². The molecule has 9 heteroatoms. The van der Waals surface area contributed by atoms with Gasteiger partial charge in [-0.05, 0) is 24.3 Å². The maximum atomic E-state index is 12.2. The molecule has 1 heterocycles. The average molecular weight is 324 g/mol. The summed E-state index contributed by atoms with van der Waals surface area (Å²) in [7, 11) is -2.54. The van der Waals surface area contributed by atoms with E-state index in [0.717, 1.165) is 0 Å². The largest absolute Gasteiger partial charge is 0.548 e. The number of hydrogen-bond acceptors (Lipinski definition) is 6. The van der Waals surface area contributed by atoms with E-state index in [0.29, 0.717) is 11.4 Å². The van der Waals surface area contributed by atoms with Gasteiger partial charge in [0.05, 0.1) is 30.3 Å². The summed E-state index contributed by atoms with van der Waals surface area (Å²) in [5.74, 6) is -1.03. The SMILES string of the molecule is COc1ccc(S(=O)(=O)N[C@H](Cc2cnc[nH]2)C(=O)[O-])cc1. The molecule has 8 nitrogen and oxygen atoms in total. The van der Waals surface area contributed by atoms with Crippen LogP contribution in [0.4, 0.5) is 0 Å². The molecular formula is C13H14N3O5S-. The molecule has 0 saturated heterocycles. The highest BCUT2D eigenvalue weighted by molar-refractivity contribution is 7.89. The van der Waals surface area contributed by atoms with E-state index < -0.39 is 22.0 Å². The van der Waals surface area contributed by atoms with Gasteiger partial charge >= 0.3 is 0 Å². The van der Waals surface area contributed by atoms with Crippen LogP contribution >= 0.6 is 0 Å². The van der Waals surface area contributed by atoms with Gasteiger partial charge in [0.2, 0.25) is 10.0 Å². The van der Waals surface area contributed by atoms with Gasteiger partial charge in [0.1, 0.15) is 5.75 Å². The number of imidazole rings is 1. The Kier molecular flexibility index (Phi) is 4.78. The number of hydrogen-bond donors (Lipinski definition) is 2. The number of benzene rings is 1. The molecule has 118 valence electrons. The van der Waals surface area contributed by atoms with Gasteiger partial charge in [0.25, 0.3) is 0 Å². The summed E-state index contributed by atoms with van der Waals surface area (Å²) in [6, 6.07) is 4.18. The quantitative estimate of drug-likeness (QED) is 0.677. The third kappa shape index (κ3) is 3.83. The molecule has 0 aliphatic rings. The van der Waals surface area contributed by atoms with Gasteiger partial charge in [0, 0.05) is 18.3 Å². The smallest absolute Gasteiger partial charge is 0.241 e. The maximum Gasteiger partial charge on any atom is 0.241 e. The van der Waals surface area contributed by atoms with Crippen molar-refractivity contribution < 1.29 is 23.1 Å². The summed E-state index contributed by atoms with van der Waals surface area (Å²) in [6.07, 6.45) is 2.69. The molecule has 0 amide bonds. The van der Waals surface area contributed by atoms with E-state index >= 15 is 0 Å². The van der Waals surface area contributed by atoms with Crippen molar-refractivity contribution >= 4 is 16.0 Å². The molecule has 22 heavy (non-hydrogen) atoms. The number of ether oxygens (including phenoxy) is 1. The Morgan fingerprint density at radius 3 is 2.59 bits per heavy atom. The summed E-state index contributed by atoms with van der Waals surface area (Å²) in [6.45, 7) is 0. The molecule has 0 bridgehead atoms. The number of carbonyl (C=O) groups excluding carboxylic acids is 1. The first-order valence-corrected chi connectivity index (χ1v) is 7.75. The van der Waals surface area contributed by atoms with Crippen LogP contribution in [0.5, 0.6) is 5.75 Å². The number of rotatable bonds is 7. The molecule has 0 aliphatic heterocycles. The van der Waals surface area contributed by atoms with Gasteiger partial charge in [0.15, 0.2) is 0 Å². The lowest BCUT2D eigenvalue weighted by atomic mass is 10.2. The minimum Gasteiger partial charge on any atom is -0.548 e. The van der Waals surface area contributed by atoms with Gasteiger partial charge < -0.3 is 19.6 Å². The molecular weight excluding hydrogens is 310 g/mol. The van der Waals surface area contributed by atoms with E-state index in [1.165, 1.54) is 43.9 Å². The molecule has 1 atom stereocenters. The van der Waals surface area contributed by atoms with Gasteiger partial charge in [-0.1, -0.05) is 0 Å². The fraction of sp³-hybridized carbons (Fsp3) is 0.231. The van der Waals surface area contributed by atoms with E-state index in [1.54, 1.807) is 0 Å². The first kappa shape index (κ1) is 16.0. The van der Waals surface area contributed by atoms with Crippen LogP contribution in [0.2, 0.25) is 0 Å². The Labute approximate surface area is 127 Å². The first-order chi connectivity index (χ1) is 10.4. The van der Waals surface area contributed by atoms with E-state index in [4.69, 9.17) is 4.74 Å². The lowest BCUT2D eigenvalue weighted by Gasteiger charge is -2.19. The minimum atomic E-state index is -3.99. The second kappa shape index (κ2) is 6.58. The Hall–Kier alpha value is -2.39. The third-order valence-electron chi connectivity index (χ3n) is 2.93. The van der Waals surface area contributed by atoms with Crippen LogP contribution in [-0.2, 0) is 21.2 Å². The van der Waals surface area contributed by atoms with Gasteiger partial charge in [-0.15, -0.1) is 0 Å². The summed E-state index contributed by atoms with van der Waals surface area (Å²) in [4.78, 5) is 17.5. The normalized spacial score (nSPS) is 12.8. The lowest BCUT2D eigenvalue weighted by molar-refractivity contribution is -0.307. The Bertz CT molecular complexity index is 726. The van der Waals surface area contributed by atoms with Crippen molar-refractivity contribution in [3.8, 4) is 5.75 Å². The highest BCUT2D eigenvalue weighted by Crippen LogP contribution is 2.16. The number of carbonyl (C=O) groups is 1. The second-order valence-electron chi connectivity index (χ2n) is 4.45. The Balaban J connectivity index is 2.18. The summed E-state index contributed by atoms with van der Waals surface area (Å²) >= 11 is 0. The zero-order valence-corrected chi connectivity index (χ0v) is 12.5. The Morgan fingerprint density at radius 2 is 2.09 bits per heavy atom. The monoisotopic (exact) mass is 324 g/mol. The minimum absolute atomic E-state index is 0.0656. The average Bonchev–Trinajstić information content (AvgIpc) is 2.99. The molecule has 0 spiro atoms. The highest BCUT2D eigenvalue weighted by atomic mass is 32.2. The van der Waals surface area contributed by atoms with Crippen LogP contribution in [0.1, 0.15) is 5.69 Å². The third-order valence-corrected chi connectivity index (χ3v) is 4.42. The summed E-state index contributed by atoms with van der Waals surface area (Å²) < 4.78 is 31.5. The number of carboxylic acids is 1. The number of nitrogens with zero attached hydrogens (tertiary/aromatic N) is 1. The zero-order chi connectivity index (χ0) is 16.2. The molecule has 1 aromatic heterocycles. The topological polar surface area (TPSA) is 124 Å². The number of carboxylic acid groups (broad SMARTS) is 1. The van der Waals surface area contributed by atoms with Crippen molar-refractivity contribution in [2.45, 2.75) is 17.4 Å². The fourth-order valence-electron chi connectivity index (χ4n) is 1.80. The number of nitrogens with one attached hydrogen (secondary N) is 2. The lowest BCUT2D eigenvalue weighted by Crippen LogP contribution is -2.49. The predicted molar refractivity (Wildman–Crippen MR) is 74.4 cm³/mol. The van der Waals surface area contributed by atoms with Crippen LogP contribution in [-0.4, -0.2) is 37.5 Å². The summed E-state index contributed by atoms with van der Waals surface area (Å²) in [5.41, 5.74) is 0.478. The standard InChI is InChI=1S/C13H15N3O5S/c1-21-10-2-4-11(5-3-10)22(19,20)16-12(13(17)18)6-9-7-14-8-15-9/h2-5,7-8,12,16H,6H2,1H3,(H,14,15)(H,17,18)/p-1/t12-/m1/s1. The second-order valence-corrected chi connectivity index (χ2v) is 6.16. The molecule has 2 aromatic rings. The van der Waals surface area contributed by atoms with Gasteiger partial charge in [-0.25, -0.2) is 18.1 Å². The van der Waals surface area contributed by atoms with E-state index in [1.807, 2.05) is 0 Å². The molecule has 1 aromatic carbocycles. The predicted octanol–water partition coefficient (Wildman–Crippen LogP) is -0.942. The molecule has 0 unspecified atom stereocenters. The molecule has 0 saturated carbocycles. The first-order valence-electron chi connectivity index (χ1n) is 6.27. The molecule has 0 radical (unpaired) electrons. The molecule has 2 N–H and O–H groups in total. The van der Waals surface area contributed by atoms with Crippen LogP contribution in [0.25, 0.3) is 0 Å². The van der Waals surface area contributed by atoms with Crippen molar-refractivity contribution in [3.05, 3.63) is 42.5 Å². The van der Waals surface area contributed by atoms with Crippen LogP contribution in [0, 0.1) is 0 Å². The van der Waals surface area contributed by atoms with Crippen molar-refractivity contribution in [3.63, 3.8) is 0 Å². The Morgan fingerprint density at radius 1 is 1.41 bits per heavy atom. The highest BCUT2D eigenvalue weighted by Gasteiger charge is 2.21. The van der Waals surface area contributed by atoms with Crippen molar-refractivity contribution in [1.29, 1.82) is 0 Å². The molecule has 0 fully saturated rings. The van der Waals surface area contributed by atoms with E-state index in [2.05, 4.69) is 14.7 Å². The van der Waals surface area contributed by atoms with Gasteiger partial charge in [-0.3, -0.25) is 0 Å². The maximum absolute atomic E-state index is 12.2. The number of aromatic amines is 1. The van der Waals surface area contributed by atoms with Crippen LogP contribution in [0.15, 0.2) is 41.7 Å². The number of H-pyrrole nitrogens is 1. The molecule has 0 aliphatic carbocycles. The van der Waals surface area contributed by atoms with Crippen molar-refractivity contribution in [2.75, 3.05) is 7.11 Å². The van der Waals surface area contributed by atoms with E-state index in [9.17, 15) is 18.3 Å². The van der Waals surface area contributed by atoms with Crippen LogP contribution in [0.3, 0.4) is 0 Å². The van der Waals surface area contributed by atoms with Crippen molar-refractivity contribution in [1.82, 2.24) is 14.7 Å². The van der Waals surface area contributed by atoms with Crippen LogP contribution < -0.4 is 14.6 Å². The summed E-state index contributed by atoms with van der Waals surface area (Å²) in [5, 5.41) is 11.1. The zero-order valence-electron chi connectivity index (χ0n) is 11.6.